The molecular formula is C26H46N2O. The molecule has 3 nitrogen and oxygen atoms in total. The molecule has 3 heteroatoms. The molecule has 0 atom stereocenters. The minimum Gasteiger partial charge on any atom is -0.355 e. The monoisotopic (exact) mass is 402 g/mol. The second-order valence-corrected chi connectivity index (χ2v) is 8.36. The largest absolute Gasteiger partial charge is 0.355 e. The molecule has 0 saturated heterocycles. The Morgan fingerprint density at radius 2 is 1.21 bits per heavy atom. The van der Waals surface area contributed by atoms with Crippen molar-refractivity contribution in [3.63, 3.8) is 0 Å². The van der Waals surface area contributed by atoms with E-state index in [1.54, 1.807) is 0 Å². The van der Waals surface area contributed by atoms with Gasteiger partial charge in [0.2, 0.25) is 5.91 Å². The number of amides is 1. The van der Waals surface area contributed by atoms with Crippen LogP contribution in [0, 0.1) is 0 Å². The first-order valence-electron chi connectivity index (χ1n) is 12.3. The smallest absolute Gasteiger partial charge is 0.233 e. The zero-order chi connectivity index (χ0) is 20.8. The summed E-state index contributed by atoms with van der Waals surface area (Å²) in [6, 6.07) is 10.3. The number of nitrogens with one attached hydrogen (secondary N) is 2. The van der Waals surface area contributed by atoms with Gasteiger partial charge in [-0.3, -0.25) is 4.79 Å². The Morgan fingerprint density at radius 1 is 0.690 bits per heavy atom. The van der Waals surface area contributed by atoms with Crippen LogP contribution in [-0.2, 0) is 11.2 Å². The molecule has 0 aromatic heterocycles. The summed E-state index contributed by atoms with van der Waals surface area (Å²) < 4.78 is 0. The van der Waals surface area contributed by atoms with Crippen LogP contribution in [0.1, 0.15) is 102 Å². The van der Waals surface area contributed by atoms with Gasteiger partial charge in [-0.15, -0.1) is 0 Å². The van der Waals surface area contributed by atoms with Crippen molar-refractivity contribution in [1.29, 1.82) is 0 Å². The van der Waals surface area contributed by atoms with E-state index in [1.807, 2.05) is 18.2 Å². The third kappa shape index (κ3) is 17.2. The van der Waals surface area contributed by atoms with Crippen molar-refractivity contribution in [3.05, 3.63) is 35.9 Å². The van der Waals surface area contributed by atoms with Crippen LogP contribution in [0.25, 0.3) is 0 Å². The van der Waals surface area contributed by atoms with Crippen molar-refractivity contribution >= 4 is 5.91 Å². The predicted octanol–water partition coefficient (Wildman–Crippen LogP) is 6.42. The van der Waals surface area contributed by atoms with E-state index in [0.29, 0.717) is 13.1 Å². The van der Waals surface area contributed by atoms with E-state index >= 15 is 0 Å². The maximum Gasteiger partial charge on any atom is 0.233 e. The molecule has 29 heavy (non-hydrogen) atoms. The first-order valence-corrected chi connectivity index (χ1v) is 12.3. The molecule has 1 aromatic carbocycles. The number of hydrogen-bond donors (Lipinski definition) is 2. The molecule has 0 heterocycles. The Morgan fingerprint density at radius 3 is 1.76 bits per heavy atom. The molecule has 1 aromatic rings. The average Bonchev–Trinajstić information content (AvgIpc) is 2.74. The molecule has 1 rings (SSSR count). The first kappa shape index (κ1) is 25.7. The Hall–Kier alpha value is -1.35. The van der Waals surface area contributed by atoms with Crippen LogP contribution in [-0.4, -0.2) is 25.5 Å². The van der Waals surface area contributed by atoms with Gasteiger partial charge in [-0.25, -0.2) is 0 Å². The van der Waals surface area contributed by atoms with E-state index in [-0.39, 0.29) is 5.91 Å². The van der Waals surface area contributed by atoms with E-state index < -0.39 is 0 Å². The van der Waals surface area contributed by atoms with Gasteiger partial charge in [-0.2, -0.15) is 0 Å². The fourth-order valence-electron chi connectivity index (χ4n) is 3.70. The lowest BCUT2D eigenvalue weighted by Gasteiger charge is -2.07. The minimum absolute atomic E-state index is 0.103. The number of carbonyl (C=O) groups excluding carboxylic acids is 1. The van der Waals surface area contributed by atoms with Crippen LogP contribution in [0.2, 0.25) is 0 Å². The van der Waals surface area contributed by atoms with Crippen LogP contribution in [0.15, 0.2) is 30.3 Å². The highest BCUT2D eigenvalue weighted by Gasteiger charge is 2.00. The number of hydrogen-bond acceptors (Lipinski definition) is 2. The molecule has 0 bridgehead atoms. The van der Waals surface area contributed by atoms with Gasteiger partial charge in [0.25, 0.3) is 0 Å². The van der Waals surface area contributed by atoms with Gasteiger partial charge in [-0.05, 0) is 24.9 Å². The highest BCUT2D eigenvalue weighted by Crippen LogP contribution is 2.12. The van der Waals surface area contributed by atoms with Crippen molar-refractivity contribution in [2.24, 2.45) is 0 Å². The minimum atomic E-state index is 0.103. The van der Waals surface area contributed by atoms with Crippen molar-refractivity contribution in [2.75, 3.05) is 19.6 Å². The van der Waals surface area contributed by atoms with Gasteiger partial charge in [0, 0.05) is 6.54 Å². The summed E-state index contributed by atoms with van der Waals surface area (Å²) in [5.74, 6) is 0.103. The molecule has 0 saturated carbocycles. The topological polar surface area (TPSA) is 41.1 Å². The van der Waals surface area contributed by atoms with Crippen LogP contribution >= 0.6 is 0 Å². The zero-order valence-corrected chi connectivity index (χ0v) is 19.0. The predicted molar refractivity (Wildman–Crippen MR) is 126 cm³/mol. The standard InChI is InChI=1S/C26H46N2O/c1-2-3-4-5-6-7-8-9-10-11-12-13-14-18-22-27-24-26(29)28-23-21-25-19-16-15-17-20-25/h15-17,19-20,27H,2-14,18,21-24H2,1H3,(H,28,29). The van der Waals surface area contributed by atoms with Gasteiger partial charge >= 0.3 is 0 Å². The Bertz CT molecular complexity index is 475. The van der Waals surface area contributed by atoms with Crippen molar-refractivity contribution in [2.45, 2.75) is 103 Å². The second kappa shape index (κ2) is 19.9. The average molecular weight is 403 g/mol. The van der Waals surface area contributed by atoms with E-state index in [9.17, 15) is 4.79 Å². The second-order valence-electron chi connectivity index (χ2n) is 8.36. The van der Waals surface area contributed by atoms with Gasteiger partial charge in [0.1, 0.15) is 0 Å². The molecule has 0 aliphatic carbocycles. The van der Waals surface area contributed by atoms with E-state index in [0.717, 1.165) is 13.0 Å². The summed E-state index contributed by atoms with van der Waals surface area (Å²) in [5.41, 5.74) is 1.27. The molecule has 166 valence electrons. The lowest BCUT2D eigenvalue weighted by molar-refractivity contribution is -0.120. The highest BCUT2D eigenvalue weighted by molar-refractivity contribution is 5.77. The zero-order valence-electron chi connectivity index (χ0n) is 19.0. The first-order chi connectivity index (χ1) is 14.3. The molecule has 0 spiro atoms. The normalized spacial score (nSPS) is 10.9. The maximum absolute atomic E-state index is 11.8. The Kier molecular flexibility index (Phi) is 17.7. The molecule has 0 aliphatic heterocycles. The van der Waals surface area contributed by atoms with Crippen LogP contribution < -0.4 is 10.6 Å². The Labute approximate surface area is 180 Å². The van der Waals surface area contributed by atoms with Crippen molar-refractivity contribution in [3.8, 4) is 0 Å². The summed E-state index contributed by atoms with van der Waals surface area (Å²) in [6.07, 6.45) is 20.2. The molecule has 1 amide bonds. The lowest BCUT2D eigenvalue weighted by atomic mass is 10.0. The SMILES string of the molecule is CCCCCCCCCCCCCCCCNCC(=O)NCCc1ccccc1. The van der Waals surface area contributed by atoms with E-state index in [2.05, 4.69) is 29.7 Å². The number of carbonyl (C=O) groups is 1. The lowest BCUT2D eigenvalue weighted by Crippen LogP contribution is -2.35. The van der Waals surface area contributed by atoms with Gasteiger partial charge in [0.15, 0.2) is 0 Å². The molecule has 0 radical (unpaired) electrons. The molecule has 0 aliphatic rings. The number of unbranched alkanes of at least 4 members (excludes halogenated alkanes) is 13. The summed E-state index contributed by atoms with van der Waals surface area (Å²) >= 11 is 0. The van der Waals surface area contributed by atoms with Crippen molar-refractivity contribution in [1.82, 2.24) is 10.6 Å². The van der Waals surface area contributed by atoms with Gasteiger partial charge in [-0.1, -0.05) is 121 Å². The fraction of sp³-hybridized carbons (Fsp3) is 0.731. The quantitative estimate of drug-likeness (QED) is 0.247. The third-order valence-corrected chi connectivity index (χ3v) is 5.57. The molecule has 0 unspecified atom stereocenters. The van der Waals surface area contributed by atoms with E-state index in [1.165, 1.54) is 95.5 Å². The van der Waals surface area contributed by atoms with Crippen LogP contribution in [0.5, 0.6) is 0 Å². The molecular weight excluding hydrogens is 356 g/mol. The Balaban J connectivity index is 1.75. The highest BCUT2D eigenvalue weighted by atomic mass is 16.1. The number of benzene rings is 1. The molecule has 0 fully saturated rings. The maximum atomic E-state index is 11.8. The molecule has 2 N–H and O–H groups in total. The number of rotatable bonds is 20. The fourth-order valence-corrected chi connectivity index (χ4v) is 3.70. The summed E-state index contributed by atoms with van der Waals surface area (Å²) in [6.45, 7) is 4.38. The van der Waals surface area contributed by atoms with Crippen LogP contribution in [0.4, 0.5) is 0 Å². The summed E-state index contributed by atoms with van der Waals surface area (Å²) in [4.78, 5) is 11.8. The van der Waals surface area contributed by atoms with Crippen LogP contribution in [0.3, 0.4) is 0 Å². The summed E-state index contributed by atoms with van der Waals surface area (Å²) in [5, 5.41) is 6.25. The third-order valence-electron chi connectivity index (χ3n) is 5.57. The van der Waals surface area contributed by atoms with E-state index in [4.69, 9.17) is 0 Å². The van der Waals surface area contributed by atoms with Gasteiger partial charge < -0.3 is 10.6 Å². The van der Waals surface area contributed by atoms with Gasteiger partial charge in [0.05, 0.1) is 6.54 Å². The summed E-state index contributed by atoms with van der Waals surface area (Å²) in [7, 11) is 0. The van der Waals surface area contributed by atoms with Crippen molar-refractivity contribution < 1.29 is 4.79 Å².